The summed E-state index contributed by atoms with van der Waals surface area (Å²) in [4.78, 5) is 14.5. The highest BCUT2D eigenvalue weighted by Crippen LogP contribution is 2.19. The van der Waals surface area contributed by atoms with Crippen LogP contribution in [0.3, 0.4) is 0 Å². The molecule has 1 amide bonds. The van der Waals surface area contributed by atoms with Crippen LogP contribution < -0.4 is 10.1 Å². The van der Waals surface area contributed by atoms with Crippen LogP contribution >= 0.6 is 12.4 Å². The third kappa shape index (κ3) is 4.30. The molecule has 6 heteroatoms. The summed E-state index contributed by atoms with van der Waals surface area (Å²) in [6.07, 6.45) is 3.49. The molecule has 24 heavy (non-hydrogen) atoms. The Morgan fingerprint density at radius 3 is 2.62 bits per heavy atom. The van der Waals surface area contributed by atoms with Crippen molar-refractivity contribution in [2.45, 2.75) is 25.5 Å². The van der Waals surface area contributed by atoms with E-state index in [1.54, 1.807) is 12.3 Å². The van der Waals surface area contributed by atoms with Crippen LogP contribution in [0.2, 0.25) is 0 Å². The second-order valence-corrected chi connectivity index (χ2v) is 5.73. The molecule has 0 atom stereocenters. The van der Waals surface area contributed by atoms with Gasteiger partial charge in [0.2, 0.25) is 0 Å². The van der Waals surface area contributed by atoms with E-state index in [-0.39, 0.29) is 18.3 Å². The number of nitrogens with one attached hydrogen (secondary N) is 1. The highest BCUT2D eigenvalue weighted by Gasteiger charge is 2.26. The first-order valence-electron chi connectivity index (χ1n) is 7.98. The lowest BCUT2D eigenvalue weighted by molar-refractivity contribution is 0.0671. The minimum absolute atomic E-state index is 0. The Bertz CT molecular complexity index is 637. The first kappa shape index (κ1) is 18.4. The lowest BCUT2D eigenvalue weighted by Crippen LogP contribution is -2.44. The number of ether oxygens (including phenoxy) is 1. The van der Waals surface area contributed by atoms with E-state index in [0.717, 1.165) is 37.2 Å². The van der Waals surface area contributed by atoms with Crippen molar-refractivity contribution in [3.05, 3.63) is 54.0 Å². The molecule has 0 radical (unpaired) electrons. The summed E-state index contributed by atoms with van der Waals surface area (Å²) in [6.45, 7) is 1.84. The minimum atomic E-state index is -0.0452. The number of halogens is 1. The number of nitrogens with zero attached hydrogens (tertiary/aromatic N) is 1. The zero-order chi connectivity index (χ0) is 16.1. The molecule has 2 aromatic rings. The summed E-state index contributed by atoms with van der Waals surface area (Å²) >= 11 is 0. The van der Waals surface area contributed by atoms with E-state index in [0.29, 0.717) is 18.4 Å². The minimum Gasteiger partial charge on any atom is -0.489 e. The molecule has 0 saturated carbocycles. The number of furan rings is 1. The Labute approximate surface area is 148 Å². The topological polar surface area (TPSA) is 54.7 Å². The molecule has 1 saturated heterocycles. The van der Waals surface area contributed by atoms with Crippen LogP contribution in [0.1, 0.15) is 29.0 Å². The summed E-state index contributed by atoms with van der Waals surface area (Å²) in [5.74, 6) is 1.13. The van der Waals surface area contributed by atoms with Crippen molar-refractivity contribution in [3.63, 3.8) is 0 Å². The van der Waals surface area contributed by atoms with Gasteiger partial charge in [0.15, 0.2) is 5.76 Å². The second kappa shape index (κ2) is 8.76. The van der Waals surface area contributed by atoms with Crippen molar-refractivity contribution in [2.24, 2.45) is 0 Å². The number of likely N-dealkylation sites (tertiary alicyclic amines) is 1. The van der Waals surface area contributed by atoms with Gasteiger partial charge < -0.3 is 19.4 Å². The molecule has 5 nitrogen and oxygen atoms in total. The standard InChI is InChI=1S/C18H22N2O3.ClH/c1-19-15-7-10-20(11-8-15)18(21)17-14(9-12-22-17)13-23-16-5-3-2-4-6-16;/h2-6,9,12,15,19H,7-8,10-11,13H2,1H3;1H. The lowest BCUT2D eigenvalue weighted by Gasteiger charge is -2.31. The van der Waals surface area contributed by atoms with Crippen molar-refractivity contribution >= 4 is 18.3 Å². The molecule has 130 valence electrons. The summed E-state index contributed by atoms with van der Waals surface area (Å²) in [6, 6.07) is 11.9. The number of hydrogen-bond acceptors (Lipinski definition) is 4. The Morgan fingerprint density at radius 2 is 1.96 bits per heavy atom. The highest BCUT2D eigenvalue weighted by atomic mass is 35.5. The third-order valence-corrected chi connectivity index (χ3v) is 4.27. The van der Waals surface area contributed by atoms with Gasteiger partial charge in [-0.1, -0.05) is 18.2 Å². The first-order valence-corrected chi connectivity index (χ1v) is 7.98. The molecule has 1 fully saturated rings. The number of rotatable bonds is 5. The number of carbonyl (C=O) groups excluding carboxylic acids is 1. The number of piperidine rings is 1. The monoisotopic (exact) mass is 350 g/mol. The fourth-order valence-electron chi connectivity index (χ4n) is 2.83. The van der Waals surface area contributed by atoms with Crippen molar-refractivity contribution < 1.29 is 13.9 Å². The van der Waals surface area contributed by atoms with E-state index in [4.69, 9.17) is 9.15 Å². The van der Waals surface area contributed by atoms with Gasteiger partial charge in [0, 0.05) is 24.7 Å². The summed E-state index contributed by atoms with van der Waals surface area (Å²) in [5.41, 5.74) is 0.787. The van der Waals surface area contributed by atoms with E-state index in [1.807, 2.05) is 42.3 Å². The fraction of sp³-hybridized carbons (Fsp3) is 0.389. The summed E-state index contributed by atoms with van der Waals surface area (Å²) in [5, 5.41) is 3.27. The van der Waals surface area contributed by atoms with Crippen LogP contribution in [0.25, 0.3) is 0 Å². The van der Waals surface area contributed by atoms with Crippen LogP contribution in [0.15, 0.2) is 47.1 Å². The molecule has 0 spiro atoms. The van der Waals surface area contributed by atoms with Crippen LogP contribution in [0, 0.1) is 0 Å². The number of benzene rings is 1. The maximum Gasteiger partial charge on any atom is 0.289 e. The molecular formula is C18H23ClN2O3. The van der Waals surface area contributed by atoms with Gasteiger partial charge in [0.25, 0.3) is 5.91 Å². The molecule has 0 aliphatic carbocycles. The average Bonchev–Trinajstić information content (AvgIpc) is 3.09. The van der Waals surface area contributed by atoms with Crippen LogP contribution in [0.4, 0.5) is 0 Å². The Balaban J connectivity index is 0.00000208. The Morgan fingerprint density at radius 1 is 1.25 bits per heavy atom. The molecule has 1 aliphatic rings. The zero-order valence-electron chi connectivity index (χ0n) is 13.7. The highest BCUT2D eigenvalue weighted by molar-refractivity contribution is 5.93. The van der Waals surface area contributed by atoms with E-state index < -0.39 is 0 Å². The van der Waals surface area contributed by atoms with Gasteiger partial charge in [-0.15, -0.1) is 12.4 Å². The van der Waals surface area contributed by atoms with Gasteiger partial charge in [-0.3, -0.25) is 4.79 Å². The van der Waals surface area contributed by atoms with Crippen molar-refractivity contribution in [1.82, 2.24) is 10.2 Å². The predicted molar refractivity (Wildman–Crippen MR) is 94.7 cm³/mol. The van der Waals surface area contributed by atoms with Crippen molar-refractivity contribution in [1.29, 1.82) is 0 Å². The van der Waals surface area contributed by atoms with Gasteiger partial charge in [-0.05, 0) is 38.1 Å². The second-order valence-electron chi connectivity index (χ2n) is 5.73. The fourth-order valence-corrected chi connectivity index (χ4v) is 2.83. The number of para-hydroxylation sites is 1. The van der Waals surface area contributed by atoms with Crippen molar-refractivity contribution in [2.75, 3.05) is 20.1 Å². The van der Waals surface area contributed by atoms with Gasteiger partial charge in [-0.2, -0.15) is 0 Å². The maximum atomic E-state index is 12.6. The lowest BCUT2D eigenvalue weighted by atomic mass is 10.0. The van der Waals surface area contributed by atoms with E-state index in [2.05, 4.69) is 5.32 Å². The molecule has 1 aliphatic heterocycles. The molecule has 1 N–H and O–H groups in total. The Hall–Kier alpha value is -1.98. The van der Waals surface area contributed by atoms with Crippen molar-refractivity contribution in [3.8, 4) is 5.75 Å². The zero-order valence-corrected chi connectivity index (χ0v) is 14.6. The third-order valence-electron chi connectivity index (χ3n) is 4.27. The van der Waals surface area contributed by atoms with Gasteiger partial charge >= 0.3 is 0 Å². The molecule has 0 unspecified atom stereocenters. The summed E-state index contributed by atoms with van der Waals surface area (Å²) in [7, 11) is 1.97. The molecule has 3 rings (SSSR count). The number of carbonyl (C=O) groups is 1. The number of hydrogen-bond donors (Lipinski definition) is 1. The van der Waals surface area contributed by atoms with Gasteiger partial charge in [0.1, 0.15) is 12.4 Å². The van der Waals surface area contributed by atoms with Gasteiger partial charge in [-0.25, -0.2) is 0 Å². The van der Waals surface area contributed by atoms with Crippen LogP contribution in [0.5, 0.6) is 5.75 Å². The summed E-state index contributed by atoms with van der Waals surface area (Å²) < 4.78 is 11.2. The Kier molecular flexibility index (Phi) is 6.70. The van der Waals surface area contributed by atoms with E-state index in [1.165, 1.54) is 0 Å². The van der Waals surface area contributed by atoms with Crippen LogP contribution in [-0.4, -0.2) is 37.0 Å². The predicted octanol–water partition coefficient (Wildman–Crippen LogP) is 3.10. The number of amides is 1. The average molecular weight is 351 g/mol. The molecule has 2 heterocycles. The molecule has 1 aromatic heterocycles. The molecular weight excluding hydrogens is 328 g/mol. The molecule has 0 bridgehead atoms. The quantitative estimate of drug-likeness (QED) is 0.900. The van der Waals surface area contributed by atoms with Crippen LogP contribution in [-0.2, 0) is 6.61 Å². The smallest absolute Gasteiger partial charge is 0.289 e. The SMILES string of the molecule is CNC1CCN(C(=O)c2occc2COc2ccccc2)CC1.Cl. The van der Waals surface area contributed by atoms with E-state index >= 15 is 0 Å². The van der Waals surface area contributed by atoms with E-state index in [9.17, 15) is 4.79 Å². The largest absolute Gasteiger partial charge is 0.489 e. The molecule has 1 aromatic carbocycles. The first-order chi connectivity index (χ1) is 11.3. The maximum absolute atomic E-state index is 12.6. The van der Waals surface area contributed by atoms with Gasteiger partial charge in [0.05, 0.1) is 6.26 Å². The normalized spacial score (nSPS) is 15.0.